The van der Waals surface area contributed by atoms with E-state index in [-0.39, 0.29) is 5.41 Å². The maximum absolute atomic E-state index is 5.91. The Labute approximate surface area is 158 Å². The molecule has 0 radical (unpaired) electrons. The van der Waals surface area contributed by atoms with Gasteiger partial charge in [0.2, 0.25) is 11.8 Å². The van der Waals surface area contributed by atoms with Gasteiger partial charge in [0.15, 0.2) is 11.5 Å². The van der Waals surface area contributed by atoms with E-state index in [2.05, 4.69) is 35.9 Å². The Bertz CT molecular complexity index is 1020. The van der Waals surface area contributed by atoms with Crippen LogP contribution in [0, 0.1) is 24.2 Å². The highest BCUT2D eigenvalue weighted by Gasteiger charge is 2.25. The molecule has 1 aromatic heterocycles. The van der Waals surface area contributed by atoms with Crippen molar-refractivity contribution >= 4 is 0 Å². The van der Waals surface area contributed by atoms with Crippen LogP contribution in [0.3, 0.4) is 0 Å². The molecule has 0 bridgehead atoms. The van der Waals surface area contributed by atoms with E-state index in [4.69, 9.17) is 13.9 Å². The van der Waals surface area contributed by atoms with Crippen LogP contribution in [0.1, 0.15) is 30.9 Å². The standard InChI is InChI=1S/C22H20N2O3/c1-15-23-24-21(27-15)18-9-6-16(7-10-18)4-5-17-8-11-19-20(12-17)26-14-22(2,3)13-25-19/h6-12H,13-14H2,1-3H3. The fourth-order valence-corrected chi connectivity index (χ4v) is 2.66. The first-order chi connectivity index (χ1) is 13.0. The van der Waals surface area contributed by atoms with Gasteiger partial charge in [0.25, 0.3) is 0 Å². The molecule has 5 heteroatoms. The second kappa shape index (κ2) is 6.81. The molecule has 0 N–H and O–H groups in total. The van der Waals surface area contributed by atoms with Crippen LogP contribution in [0.25, 0.3) is 11.5 Å². The van der Waals surface area contributed by atoms with Crippen molar-refractivity contribution < 1.29 is 13.9 Å². The zero-order chi connectivity index (χ0) is 18.9. The molecule has 5 nitrogen and oxygen atoms in total. The molecular formula is C22H20N2O3. The summed E-state index contributed by atoms with van der Waals surface area (Å²) in [5.74, 6) is 8.92. The number of rotatable bonds is 1. The van der Waals surface area contributed by atoms with Crippen LogP contribution in [-0.2, 0) is 0 Å². The van der Waals surface area contributed by atoms with E-state index >= 15 is 0 Å². The summed E-state index contributed by atoms with van der Waals surface area (Å²) in [5, 5.41) is 7.87. The summed E-state index contributed by atoms with van der Waals surface area (Å²) in [4.78, 5) is 0. The van der Waals surface area contributed by atoms with E-state index < -0.39 is 0 Å². The van der Waals surface area contributed by atoms with Gasteiger partial charge >= 0.3 is 0 Å². The molecule has 0 atom stereocenters. The van der Waals surface area contributed by atoms with Crippen molar-refractivity contribution in [1.82, 2.24) is 10.2 Å². The van der Waals surface area contributed by atoms with E-state index in [9.17, 15) is 0 Å². The highest BCUT2D eigenvalue weighted by atomic mass is 16.5. The van der Waals surface area contributed by atoms with Gasteiger partial charge in [-0.3, -0.25) is 0 Å². The maximum atomic E-state index is 5.91. The van der Waals surface area contributed by atoms with Crippen LogP contribution in [0.5, 0.6) is 11.5 Å². The molecule has 0 spiro atoms. The van der Waals surface area contributed by atoms with Crippen LogP contribution in [0.2, 0.25) is 0 Å². The molecule has 0 unspecified atom stereocenters. The highest BCUT2D eigenvalue weighted by molar-refractivity contribution is 5.56. The minimum Gasteiger partial charge on any atom is -0.489 e. The van der Waals surface area contributed by atoms with Gasteiger partial charge in [0.05, 0.1) is 13.2 Å². The normalized spacial score (nSPS) is 14.8. The van der Waals surface area contributed by atoms with Crippen molar-refractivity contribution in [2.24, 2.45) is 5.41 Å². The number of ether oxygens (including phenoxy) is 2. The third-order valence-corrected chi connectivity index (χ3v) is 4.19. The molecule has 0 saturated heterocycles. The highest BCUT2D eigenvalue weighted by Crippen LogP contribution is 2.34. The van der Waals surface area contributed by atoms with Crippen LogP contribution >= 0.6 is 0 Å². The average Bonchev–Trinajstić information content (AvgIpc) is 3.04. The molecule has 2 heterocycles. The topological polar surface area (TPSA) is 57.4 Å². The number of hydrogen-bond acceptors (Lipinski definition) is 5. The molecular weight excluding hydrogens is 340 g/mol. The third-order valence-electron chi connectivity index (χ3n) is 4.19. The van der Waals surface area contributed by atoms with Crippen LogP contribution in [0.4, 0.5) is 0 Å². The second-order valence-corrected chi connectivity index (χ2v) is 7.36. The Morgan fingerprint density at radius 1 is 0.852 bits per heavy atom. The predicted octanol–water partition coefficient (Wildman–Crippen LogP) is 4.24. The van der Waals surface area contributed by atoms with Gasteiger partial charge in [-0.15, -0.1) is 10.2 Å². The van der Waals surface area contributed by atoms with E-state index in [1.165, 1.54) is 0 Å². The number of aromatic nitrogens is 2. The summed E-state index contributed by atoms with van der Waals surface area (Å²) in [7, 11) is 0. The Morgan fingerprint density at radius 2 is 1.52 bits per heavy atom. The monoisotopic (exact) mass is 360 g/mol. The fraction of sp³-hybridized carbons (Fsp3) is 0.273. The van der Waals surface area contributed by atoms with Crippen molar-refractivity contribution in [3.63, 3.8) is 0 Å². The van der Waals surface area contributed by atoms with Crippen molar-refractivity contribution in [3.05, 3.63) is 59.5 Å². The molecule has 1 aliphatic heterocycles. The van der Waals surface area contributed by atoms with Crippen LogP contribution in [0.15, 0.2) is 46.9 Å². The lowest BCUT2D eigenvalue weighted by Crippen LogP contribution is -2.26. The minimum atomic E-state index is -0.0104. The first-order valence-electron chi connectivity index (χ1n) is 8.81. The molecule has 2 aromatic carbocycles. The lowest BCUT2D eigenvalue weighted by Gasteiger charge is -2.19. The molecule has 1 aliphatic rings. The summed E-state index contributed by atoms with van der Waals surface area (Å²) in [5.41, 5.74) is 2.65. The minimum absolute atomic E-state index is 0.0104. The van der Waals surface area contributed by atoms with Gasteiger partial charge < -0.3 is 13.9 Å². The largest absolute Gasteiger partial charge is 0.489 e. The van der Waals surface area contributed by atoms with Gasteiger partial charge in [-0.2, -0.15) is 0 Å². The summed E-state index contributed by atoms with van der Waals surface area (Å²) < 4.78 is 17.2. The molecule has 27 heavy (non-hydrogen) atoms. The van der Waals surface area contributed by atoms with Crippen molar-refractivity contribution in [1.29, 1.82) is 0 Å². The molecule has 0 aliphatic carbocycles. The molecule has 3 aromatic rings. The molecule has 0 saturated carbocycles. The molecule has 0 amide bonds. The molecule has 4 rings (SSSR count). The van der Waals surface area contributed by atoms with Gasteiger partial charge in [0, 0.05) is 29.0 Å². The van der Waals surface area contributed by atoms with Gasteiger partial charge in [0.1, 0.15) is 0 Å². The third kappa shape index (κ3) is 3.95. The van der Waals surface area contributed by atoms with Gasteiger partial charge in [-0.1, -0.05) is 25.7 Å². The van der Waals surface area contributed by atoms with E-state index in [0.717, 1.165) is 28.2 Å². The summed E-state index contributed by atoms with van der Waals surface area (Å²) in [6.45, 7) is 7.27. The summed E-state index contributed by atoms with van der Waals surface area (Å²) >= 11 is 0. The smallest absolute Gasteiger partial charge is 0.247 e. The zero-order valence-electron chi connectivity index (χ0n) is 15.6. The lowest BCUT2D eigenvalue weighted by atomic mass is 9.97. The first-order valence-corrected chi connectivity index (χ1v) is 8.81. The SMILES string of the molecule is Cc1nnc(-c2ccc(C#Cc3ccc4c(c3)OCC(C)(C)CO4)cc2)o1. The Hall–Kier alpha value is -3.26. The molecule has 136 valence electrons. The quantitative estimate of drug-likeness (QED) is 0.608. The zero-order valence-corrected chi connectivity index (χ0v) is 15.6. The summed E-state index contributed by atoms with van der Waals surface area (Å²) in [6.07, 6.45) is 0. The van der Waals surface area contributed by atoms with Crippen LogP contribution < -0.4 is 9.47 Å². The number of nitrogens with zero attached hydrogens (tertiary/aromatic N) is 2. The van der Waals surface area contributed by atoms with Gasteiger partial charge in [-0.05, 0) is 42.5 Å². The predicted molar refractivity (Wildman–Crippen MR) is 102 cm³/mol. The van der Waals surface area contributed by atoms with E-state index in [1.54, 1.807) is 6.92 Å². The Kier molecular flexibility index (Phi) is 4.33. The summed E-state index contributed by atoms with van der Waals surface area (Å²) in [6, 6.07) is 13.5. The number of aryl methyl sites for hydroxylation is 1. The van der Waals surface area contributed by atoms with Gasteiger partial charge in [-0.25, -0.2) is 0 Å². The maximum Gasteiger partial charge on any atom is 0.247 e. The van der Waals surface area contributed by atoms with E-state index in [1.807, 2.05) is 42.5 Å². The molecule has 0 fully saturated rings. The van der Waals surface area contributed by atoms with Crippen molar-refractivity contribution in [3.8, 4) is 34.8 Å². The first kappa shape index (κ1) is 17.2. The van der Waals surface area contributed by atoms with E-state index in [0.29, 0.717) is 25.0 Å². The fourth-order valence-electron chi connectivity index (χ4n) is 2.66. The number of hydrogen-bond donors (Lipinski definition) is 0. The van der Waals surface area contributed by atoms with Crippen molar-refractivity contribution in [2.45, 2.75) is 20.8 Å². The van der Waals surface area contributed by atoms with Crippen molar-refractivity contribution in [2.75, 3.05) is 13.2 Å². The Morgan fingerprint density at radius 3 is 2.22 bits per heavy atom. The van der Waals surface area contributed by atoms with Crippen LogP contribution in [-0.4, -0.2) is 23.4 Å². The Balaban J connectivity index is 1.52. The number of fused-ring (bicyclic) bond motifs is 1. The lowest BCUT2D eigenvalue weighted by molar-refractivity contribution is 0.140. The number of benzene rings is 2. The second-order valence-electron chi connectivity index (χ2n) is 7.36. The average molecular weight is 360 g/mol.